The molecule has 164 valence electrons. The van der Waals surface area contributed by atoms with Gasteiger partial charge in [0.2, 0.25) is 0 Å². The van der Waals surface area contributed by atoms with Crippen LogP contribution in [-0.2, 0) is 0 Å². The van der Waals surface area contributed by atoms with Crippen LogP contribution in [0.25, 0.3) is 16.7 Å². The number of hydrogen-bond donors (Lipinski definition) is 3. The highest BCUT2D eigenvalue weighted by Gasteiger charge is 2.32. The molecule has 0 unspecified atom stereocenters. The number of likely N-dealkylation sites (tertiary alicyclic amines) is 1. The molecule has 0 atom stereocenters. The number of fused-ring (bicyclic) bond motifs is 1. The maximum atomic E-state index is 12.4. The molecule has 2 aromatic heterocycles. The minimum Gasteiger partial charge on any atom is -0.382 e. The highest BCUT2D eigenvalue weighted by Crippen LogP contribution is 2.26. The van der Waals surface area contributed by atoms with Crippen LogP contribution < -0.4 is 17.1 Å². The van der Waals surface area contributed by atoms with Gasteiger partial charge in [0, 0.05) is 60.5 Å². The Hall–Kier alpha value is -3.37. The summed E-state index contributed by atoms with van der Waals surface area (Å²) in [6.45, 7) is 1.07. The molecule has 0 bridgehead atoms. The average molecular weight is 429 g/mol. The van der Waals surface area contributed by atoms with Gasteiger partial charge in [-0.1, -0.05) is 12.1 Å². The Morgan fingerprint density at radius 1 is 1.26 bits per heavy atom. The lowest BCUT2D eigenvalue weighted by Crippen LogP contribution is -2.36. The van der Waals surface area contributed by atoms with Crippen LogP contribution in [0.1, 0.15) is 28.8 Å². The van der Waals surface area contributed by atoms with Gasteiger partial charge in [0.25, 0.3) is 5.92 Å². The maximum Gasteiger partial charge on any atom is 0.250 e. The Balaban J connectivity index is 0.000000254. The number of nitrogens with one attached hydrogen (secondary N) is 1. The van der Waals surface area contributed by atoms with E-state index in [2.05, 4.69) is 15.6 Å². The van der Waals surface area contributed by atoms with Gasteiger partial charge in [-0.05, 0) is 31.3 Å². The van der Waals surface area contributed by atoms with Crippen molar-refractivity contribution >= 4 is 23.2 Å². The van der Waals surface area contributed by atoms with Gasteiger partial charge in [-0.2, -0.15) is 0 Å². The smallest absolute Gasteiger partial charge is 0.250 e. The Morgan fingerprint density at radius 3 is 2.65 bits per heavy atom. The highest BCUT2D eigenvalue weighted by molar-refractivity contribution is 5.97. The number of carbonyl (C=O) groups is 1. The number of carbonyl (C=O) groups excluding carboxylic acids is 1. The average Bonchev–Trinajstić information content (AvgIpc) is 3.20. The van der Waals surface area contributed by atoms with E-state index in [9.17, 15) is 13.6 Å². The van der Waals surface area contributed by atoms with Gasteiger partial charge >= 0.3 is 0 Å². The quantitative estimate of drug-likeness (QED) is 0.193. The second kappa shape index (κ2) is 9.63. The highest BCUT2D eigenvalue weighted by atomic mass is 19.3. The van der Waals surface area contributed by atoms with E-state index >= 15 is 0 Å². The van der Waals surface area contributed by atoms with Crippen LogP contribution in [0, 0.1) is 0 Å². The number of pyridine rings is 1. The molecule has 1 aliphatic heterocycles. The van der Waals surface area contributed by atoms with Crippen molar-refractivity contribution in [2.75, 3.05) is 20.1 Å². The van der Waals surface area contributed by atoms with Crippen molar-refractivity contribution in [3.05, 3.63) is 59.9 Å². The Bertz CT molecular complexity index is 1070. The number of hydrogen-bond acceptors (Lipinski definition) is 6. The molecular formula is C21H25F2N7O. The molecule has 0 aliphatic carbocycles. The summed E-state index contributed by atoms with van der Waals surface area (Å²) in [5.41, 5.74) is 10.9. The molecule has 1 saturated heterocycles. The minimum atomic E-state index is -2.38. The third kappa shape index (κ3) is 5.62. The monoisotopic (exact) mass is 429 g/mol. The first-order chi connectivity index (χ1) is 14.8. The summed E-state index contributed by atoms with van der Waals surface area (Å²) in [5.74, 6) is 3.05. The van der Waals surface area contributed by atoms with Crippen molar-refractivity contribution in [2.24, 2.45) is 16.7 Å². The van der Waals surface area contributed by atoms with Gasteiger partial charge in [0.15, 0.2) is 12.1 Å². The molecule has 1 fully saturated rings. The van der Waals surface area contributed by atoms with Crippen molar-refractivity contribution in [2.45, 2.75) is 18.8 Å². The molecule has 1 aromatic carbocycles. The Labute approximate surface area is 178 Å². The van der Waals surface area contributed by atoms with Crippen LogP contribution in [0.15, 0.2) is 53.9 Å². The van der Waals surface area contributed by atoms with Gasteiger partial charge in [-0.25, -0.2) is 25.1 Å². The fourth-order valence-electron chi connectivity index (χ4n) is 3.21. The number of piperidine rings is 1. The minimum absolute atomic E-state index is 0.0312. The molecule has 3 heterocycles. The van der Waals surface area contributed by atoms with Crippen LogP contribution in [0.4, 0.5) is 8.78 Å². The van der Waals surface area contributed by atoms with E-state index in [-0.39, 0.29) is 18.7 Å². The maximum absolute atomic E-state index is 12.4. The van der Waals surface area contributed by atoms with Gasteiger partial charge in [-0.15, -0.1) is 5.10 Å². The number of halogens is 2. The van der Waals surface area contributed by atoms with E-state index in [0.717, 1.165) is 28.6 Å². The summed E-state index contributed by atoms with van der Waals surface area (Å²) in [7, 11) is 1.87. The second-order valence-electron chi connectivity index (χ2n) is 7.32. The van der Waals surface area contributed by atoms with Crippen molar-refractivity contribution in [1.82, 2.24) is 20.0 Å². The van der Waals surface area contributed by atoms with E-state index in [0.29, 0.717) is 18.7 Å². The number of hydrazine groups is 1. The first kappa shape index (κ1) is 22.3. The summed E-state index contributed by atoms with van der Waals surface area (Å²) in [6.07, 6.45) is 4.28. The van der Waals surface area contributed by atoms with E-state index in [1.54, 1.807) is 12.3 Å². The molecule has 3 aromatic rings. The fourth-order valence-corrected chi connectivity index (χ4v) is 3.21. The van der Waals surface area contributed by atoms with Crippen LogP contribution in [-0.4, -0.2) is 52.6 Å². The number of hydrazone groups is 1. The van der Waals surface area contributed by atoms with Crippen LogP contribution in [0.2, 0.25) is 0 Å². The largest absolute Gasteiger partial charge is 0.382 e. The van der Waals surface area contributed by atoms with E-state index in [1.165, 1.54) is 0 Å². The third-order valence-corrected chi connectivity index (χ3v) is 5.01. The number of nitrogens with two attached hydrogens (primary N) is 2. The lowest BCUT2D eigenvalue weighted by Gasteiger charge is -2.28. The SMILES string of the molecule is CN1CCC(F)(F)CC1.NN/N=C(\N)c1cccc(-n2ccc3cc(C=O)cnc32)c1. The van der Waals surface area contributed by atoms with E-state index in [1.807, 2.05) is 53.0 Å². The summed E-state index contributed by atoms with van der Waals surface area (Å²) in [6, 6.07) is 11.2. The van der Waals surface area contributed by atoms with Crippen LogP contribution in [0.3, 0.4) is 0 Å². The number of amidine groups is 1. The molecular weight excluding hydrogens is 404 g/mol. The molecule has 8 nitrogen and oxygen atoms in total. The molecule has 0 spiro atoms. The first-order valence-corrected chi connectivity index (χ1v) is 9.71. The lowest BCUT2D eigenvalue weighted by atomic mass is 10.1. The predicted octanol–water partition coefficient (Wildman–Crippen LogP) is 2.27. The van der Waals surface area contributed by atoms with Crippen molar-refractivity contribution in [3.63, 3.8) is 0 Å². The van der Waals surface area contributed by atoms with Gasteiger partial charge in [-0.3, -0.25) is 4.79 Å². The number of alkyl halides is 2. The van der Waals surface area contributed by atoms with Gasteiger partial charge in [0.1, 0.15) is 5.65 Å². The topological polar surface area (TPSA) is 115 Å². The number of aromatic nitrogens is 2. The zero-order chi connectivity index (χ0) is 22.4. The molecule has 0 amide bonds. The van der Waals surface area contributed by atoms with E-state index < -0.39 is 5.92 Å². The predicted molar refractivity (Wildman–Crippen MR) is 116 cm³/mol. The number of benzene rings is 1. The number of rotatable bonds is 4. The summed E-state index contributed by atoms with van der Waals surface area (Å²) in [5, 5.41) is 4.65. The molecule has 0 radical (unpaired) electrons. The first-order valence-electron chi connectivity index (χ1n) is 9.71. The normalized spacial score (nSPS) is 16.5. The van der Waals surface area contributed by atoms with Crippen molar-refractivity contribution in [3.8, 4) is 5.69 Å². The molecule has 5 N–H and O–H groups in total. The molecule has 0 saturated carbocycles. The molecule has 1 aliphatic rings. The third-order valence-electron chi connectivity index (χ3n) is 5.01. The molecule has 4 rings (SSSR count). The van der Waals surface area contributed by atoms with Gasteiger partial charge in [0.05, 0.1) is 0 Å². The second-order valence-corrected chi connectivity index (χ2v) is 7.32. The summed E-state index contributed by atoms with van der Waals surface area (Å²) in [4.78, 5) is 17.1. The van der Waals surface area contributed by atoms with Crippen molar-refractivity contribution in [1.29, 1.82) is 0 Å². The number of aldehydes is 1. The summed E-state index contributed by atoms with van der Waals surface area (Å²) < 4.78 is 26.6. The van der Waals surface area contributed by atoms with Crippen LogP contribution >= 0.6 is 0 Å². The standard InChI is InChI=1S/C15H14N6O.C6H11F2N/c16-14(19-20-17)11-2-1-3-13(7-11)21-5-4-12-6-10(9-22)8-18-15(12)21;1-9-4-2-6(7,8)3-5-9/h1-9,20H,17H2,(H2,16,19);2-5H2,1H3. The zero-order valence-electron chi connectivity index (χ0n) is 17.1. The number of nitrogens with zero attached hydrogens (tertiary/aromatic N) is 4. The zero-order valence-corrected chi connectivity index (χ0v) is 17.1. The summed E-state index contributed by atoms with van der Waals surface area (Å²) >= 11 is 0. The van der Waals surface area contributed by atoms with Gasteiger partial charge < -0.3 is 15.2 Å². The van der Waals surface area contributed by atoms with Crippen LogP contribution in [0.5, 0.6) is 0 Å². The Kier molecular flexibility index (Phi) is 6.93. The molecule has 10 heteroatoms. The van der Waals surface area contributed by atoms with E-state index in [4.69, 9.17) is 11.6 Å². The Morgan fingerprint density at radius 2 is 2.00 bits per heavy atom. The van der Waals surface area contributed by atoms with Crippen molar-refractivity contribution < 1.29 is 13.6 Å². The molecule has 31 heavy (non-hydrogen) atoms. The lowest BCUT2D eigenvalue weighted by molar-refractivity contribution is -0.0504. The fraction of sp³-hybridized carbons (Fsp3) is 0.286.